The fourth-order valence-electron chi connectivity index (χ4n) is 3.39. The smallest absolute Gasteiger partial charge is 0.351 e. The van der Waals surface area contributed by atoms with Crippen molar-refractivity contribution in [2.24, 2.45) is 0 Å². The first kappa shape index (κ1) is 18.5. The number of fused-ring (bicyclic) bond motifs is 1. The lowest BCUT2D eigenvalue weighted by atomic mass is 10.1. The van der Waals surface area contributed by atoms with E-state index in [0.29, 0.717) is 6.54 Å². The molecule has 1 N–H and O–H groups in total. The van der Waals surface area contributed by atoms with Crippen molar-refractivity contribution in [1.82, 2.24) is 4.57 Å². The van der Waals surface area contributed by atoms with E-state index < -0.39 is 11.4 Å². The number of hydrogen-bond donors (Lipinski definition) is 1. The van der Waals surface area contributed by atoms with E-state index in [9.17, 15) is 14.7 Å². The van der Waals surface area contributed by atoms with Crippen LogP contribution in [0.2, 0.25) is 0 Å². The average Bonchev–Trinajstić information content (AvgIpc) is 3.04. The fraction of sp³-hybridized carbons (Fsp3) is 0.0833. The molecule has 144 valence electrons. The molecule has 2 aromatic carbocycles. The van der Waals surface area contributed by atoms with Crippen LogP contribution in [0, 0.1) is 6.92 Å². The molecular weight excluding hydrogens is 366 g/mol. The normalized spacial score (nSPS) is 11.3. The van der Waals surface area contributed by atoms with Crippen molar-refractivity contribution in [3.63, 3.8) is 0 Å². The van der Waals surface area contributed by atoms with Crippen molar-refractivity contribution in [3.8, 4) is 5.75 Å². The van der Waals surface area contributed by atoms with Crippen molar-refractivity contribution < 1.29 is 14.3 Å². The van der Waals surface area contributed by atoms with Crippen molar-refractivity contribution in [2.45, 2.75) is 13.5 Å². The summed E-state index contributed by atoms with van der Waals surface area (Å²) in [7, 11) is 0. The summed E-state index contributed by atoms with van der Waals surface area (Å²) < 4.78 is 7.05. The van der Waals surface area contributed by atoms with Crippen LogP contribution in [-0.4, -0.2) is 15.5 Å². The monoisotopic (exact) mass is 385 g/mol. The second kappa shape index (κ2) is 7.64. The van der Waals surface area contributed by atoms with Gasteiger partial charge in [-0.2, -0.15) is 0 Å². The number of para-hydroxylation sites is 1. The first-order chi connectivity index (χ1) is 14.0. The number of ketones is 1. The summed E-state index contributed by atoms with van der Waals surface area (Å²) in [5.74, 6) is -0.729. The topological polar surface area (TPSA) is 72.4 Å². The van der Waals surface area contributed by atoms with Crippen LogP contribution in [0.15, 0.2) is 82.1 Å². The van der Waals surface area contributed by atoms with E-state index in [1.165, 1.54) is 24.6 Å². The molecule has 0 unspecified atom stereocenters. The van der Waals surface area contributed by atoms with Crippen molar-refractivity contribution in [1.29, 1.82) is 0 Å². The van der Waals surface area contributed by atoms with Crippen LogP contribution in [0.5, 0.6) is 5.75 Å². The number of rotatable bonds is 5. The summed E-state index contributed by atoms with van der Waals surface area (Å²) in [5, 5.41) is 11.0. The van der Waals surface area contributed by atoms with Crippen LogP contribution in [-0.2, 0) is 6.54 Å². The molecule has 5 heteroatoms. The predicted octanol–water partition coefficient (Wildman–Crippen LogP) is 4.55. The van der Waals surface area contributed by atoms with Gasteiger partial charge in [-0.05, 0) is 30.7 Å². The lowest BCUT2D eigenvalue weighted by Gasteiger charge is -2.05. The largest absolute Gasteiger partial charge is 0.507 e. The molecule has 2 heterocycles. The number of aromatic nitrogens is 1. The van der Waals surface area contributed by atoms with Gasteiger partial charge in [0, 0.05) is 35.3 Å². The Morgan fingerprint density at radius 3 is 2.59 bits per heavy atom. The summed E-state index contributed by atoms with van der Waals surface area (Å²) in [6, 6.07) is 19.3. The third-order valence-electron chi connectivity index (χ3n) is 4.73. The van der Waals surface area contributed by atoms with E-state index in [1.807, 2.05) is 48.7 Å². The van der Waals surface area contributed by atoms with Gasteiger partial charge in [-0.3, -0.25) is 4.79 Å². The van der Waals surface area contributed by atoms with Crippen LogP contribution in [0.25, 0.3) is 17.0 Å². The van der Waals surface area contributed by atoms with Gasteiger partial charge in [-0.1, -0.05) is 48.5 Å². The highest BCUT2D eigenvalue weighted by atomic mass is 16.4. The van der Waals surface area contributed by atoms with Crippen molar-refractivity contribution >= 4 is 22.8 Å². The van der Waals surface area contributed by atoms with Crippen molar-refractivity contribution in [2.75, 3.05) is 0 Å². The molecule has 0 radical (unpaired) electrons. The molecule has 2 aromatic heterocycles. The third kappa shape index (κ3) is 3.75. The molecule has 5 nitrogen and oxygen atoms in total. The maximum absolute atomic E-state index is 12.5. The molecule has 29 heavy (non-hydrogen) atoms. The molecule has 0 bridgehead atoms. The molecule has 0 aliphatic carbocycles. The molecule has 4 aromatic rings. The second-order valence-electron chi connectivity index (χ2n) is 6.82. The molecule has 0 saturated heterocycles. The maximum atomic E-state index is 12.5. The number of hydrogen-bond acceptors (Lipinski definition) is 4. The van der Waals surface area contributed by atoms with Crippen LogP contribution < -0.4 is 5.63 Å². The second-order valence-corrected chi connectivity index (χ2v) is 6.82. The van der Waals surface area contributed by atoms with E-state index in [4.69, 9.17) is 4.42 Å². The lowest BCUT2D eigenvalue weighted by Crippen LogP contribution is -2.12. The third-order valence-corrected chi connectivity index (χ3v) is 4.73. The Labute approximate surface area is 167 Å². The average molecular weight is 385 g/mol. The zero-order chi connectivity index (χ0) is 20.4. The van der Waals surface area contributed by atoms with E-state index in [2.05, 4.69) is 16.7 Å². The summed E-state index contributed by atoms with van der Waals surface area (Å²) in [6.07, 6.45) is 4.92. The molecule has 0 aliphatic rings. The summed E-state index contributed by atoms with van der Waals surface area (Å²) in [5.41, 5.74) is 1.85. The van der Waals surface area contributed by atoms with Gasteiger partial charge in [0.25, 0.3) is 0 Å². The van der Waals surface area contributed by atoms with Crippen molar-refractivity contribution in [3.05, 3.63) is 106 Å². The molecule has 0 saturated carbocycles. The van der Waals surface area contributed by atoms with Gasteiger partial charge in [-0.15, -0.1) is 0 Å². The van der Waals surface area contributed by atoms with Gasteiger partial charge in [0.1, 0.15) is 17.1 Å². The number of carbonyl (C=O) groups excluding carboxylic acids is 1. The number of aromatic hydroxyl groups is 1. The van der Waals surface area contributed by atoms with E-state index in [-0.39, 0.29) is 17.1 Å². The minimum atomic E-state index is -0.844. The van der Waals surface area contributed by atoms with Crippen LogP contribution >= 0.6 is 0 Å². The number of carbonyl (C=O) groups is 1. The molecule has 0 spiro atoms. The number of nitrogens with zero attached hydrogens (tertiary/aromatic N) is 1. The highest BCUT2D eigenvalue weighted by Gasteiger charge is 2.16. The van der Waals surface area contributed by atoms with E-state index in [1.54, 1.807) is 6.08 Å². The number of allylic oxidation sites excluding steroid dienone is 1. The van der Waals surface area contributed by atoms with E-state index in [0.717, 1.165) is 16.5 Å². The standard InChI is InChI=1S/C24H19NO4/c1-16-13-22(27)23(24(28)29-16)21(26)12-11-18-15-25(14-17-7-3-2-4-8-17)20-10-6-5-9-19(18)20/h2-13,15,27H,14H2,1H3/b12-11+. The summed E-state index contributed by atoms with van der Waals surface area (Å²) >= 11 is 0. The first-order valence-corrected chi connectivity index (χ1v) is 9.21. The molecule has 0 fully saturated rings. The Bertz CT molecular complexity index is 1280. The van der Waals surface area contributed by atoms with E-state index >= 15 is 0 Å². The molecule has 0 amide bonds. The summed E-state index contributed by atoms with van der Waals surface area (Å²) in [6.45, 7) is 2.23. The number of aryl methyl sites for hydroxylation is 1. The minimum Gasteiger partial charge on any atom is -0.507 e. The molecule has 4 rings (SSSR count). The van der Waals surface area contributed by atoms with Crippen LogP contribution in [0.3, 0.4) is 0 Å². The van der Waals surface area contributed by atoms with Crippen LogP contribution in [0.1, 0.15) is 27.2 Å². The van der Waals surface area contributed by atoms with Gasteiger partial charge in [0.05, 0.1) is 0 Å². The molecular formula is C24H19NO4. The Kier molecular flexibility index (Phi) is 4.87. The number of benzene rings is 2. The zero-order valence-corrected chi connectivity index (χ0v) is 15.8. The van der Waals surface area contributed by atoms with Gasteiger partial charge in [-0.25, -0.2) is 4.79 Å². The van der Waals surface area contributed by atoms with Gasteiger partial charge in [0.2, 0.25) is 0 Å². The van der Waals surface area contributed by atoms with Gasteiger partial charge >= 0.3 is 5.63 Å². The highest BCUT2D eigenvalue weighted by molar-refractivity contribution is 6.09. The quantitative estimate of drug-likeness (QED) is 0.404. The van der Waals surface area contributed by atoms with Gasteiger partial charge in [0.15, 0.2) is 5.78 Å². The Balaban J connectivity index is 1.70. The Hall–Kier alpha value is -3.86. The molecule has 0 aliphatic heterocycles. The molecule has 0 atom stereocenters. The highest BCUT2D eigenvalue weighted by Crippen LogP contribution is 2.24. The SMILES string of the molecule is Cc1cc(O)c(C(=O)/C=C/c2cn(Cc3ccccc3)c3ccccc23)c(=O)o1. The Morgan fingerprint density at radius 1 is 1.10 bits per heavy atom. The maximum Gasteiger partial charge on any atom is 0.351 e. The summed E-state index contributed by atoms with van der Waals surface area (Å²) in [4.78, 5) is 24.4. The zero-order valence-electron chi connectivity index (χ0n) is 15.8. The minimum absolute atomic E-state index is 0.247. The first-order valence-electron chi connectivity index (χ1n) is 9.21. The Morgan fingerprint density at radius 2 is 1.83 bits per heavy atom. The van der Waals surface area contributed by atoms with Crippen LogP contribution in [0.4, 0.5) is 0 Å². The van der Waals surface area contributed by atoms with Gasteiger partial charge < -0.3 is 14.1 Å². The fourth-order valence-corrected chi connectivity index (χ4v) is 3.39. The predicted molar refractivity (Wildman–Crippen MR) is 112 cm³/mol. The lowest BCUT2D eigenvalue weighted by molar-refractivity contribution is 0.104.